The van der Waals surface area contributed by atoms with Crippen molar-refractivity contribution in [1.82, 2.24) is 4.98 Å². The largest absolute Gasteiger partial charge is 0.506 e. The molecule has 5 nitrogen and oxygen atoms in total. The Hall–Kier alpha value is -2.89. The van der Waals surface area contributed by atoms with Gasteiger partial charge in [0.25, 0.3) is 0 Å². The van der Waals surface area contributed by atoms with E-state index in [9.17, 15) is 9.18 Å². The van der Waals surface area contributed by atoms with E-state index in [1.807, 2.05) is 0 Å². The van der Waals surface area contributed by atoms with E-state index >= 15 is 0 Å². The molecule has 0 bridgehead atoms. The van der Waals surface area contributed by atoms with Crippen molar-refractivity contribution in [2.45, 2.75) is 0 Å². The summed E-state index contributed by atoms with van der Waals surface area (Å²) >= 11 is 0. The van der Waals surface area contributed by atoms with Crippen molar-refractivity contribution in [3.63, 3.8) is 0 Å². The fourth-order valence-electron chi connectivity index (χ4n) is 1.42. The summed E-state index contributed by atoms with van der Waals surface area (Å²) in [7, 11) is 0. The first-order valence-corrected chi connectivity index (χ1v) is 5.58. The maximum Gasteiger partial charge on any atom is 0.328 e. The Morgan fingerprint density at radius 3 is 2.70 bits per heavy atom. The Bertz CT molecular complexity index is 653. The molecule has 0 radical (unpaired) electrons. The van der Waals surface area contributed by atoms with E-state index in [2.05, 4.69) is 4.98 Å². The van der Waals surface area contributed by atoms with Gasteiger partial charge in [-0.2, -0.15) is 0 Å². The standard InChI is InChI=1S/C14H10FNO4/c15-11-7-9(2-6-14(18)19)1-4-12(11)20-13-5-3-10(17)8-16-13/h1-8,17H,(H,18,19)/b6-2+. The number of carboxylic acid groups (broad SMARTS) is 1. The Balaban J connectivity index is 2.17. The number of halogens is 1. The molecule has 1 heterocycles. The van der Waals surface area contributed by atoms with Crippen molar-refractivity contribution in [3.8, 4) is 17.4 Å². The minimum atomic E-state index is -1.11. The van der Waals surface area contributed by atoms with Crippen molar-refractivity contribution in [3.05, 3.63) is 54.0 Å². The van der Waals surface area contributed by atoms with Crippen LogP contribution in [0.2, 0.25) is 0 Å². The maximum absolute atomic E-state index is 13.8. The predicted molar refractivity (Wildman–Crippen MR) is 69.0 cm³/mol. The molecule has 0 aliphatic rings. The molecule has 0 aliphatic carbocycles. The summed E-state index contributed by atoms with van der Waals surface area (Å²) in [5, 5.41) is 17.6. The lowest BCUT2D eigenvalue weighted by Crippen LogP contribution is -1.91. The van der Waals surface area contributed by atoms with E-state index in [1.165, 1.54) is 36.5 Å². The molecule has 0 aliphatic heterocycles. The fourth-order valence-corrected chi connectivity index (χ4v) is 1.42. The molecule has 20 heavy (non-hydrogen) atoms. The van der Waals surface area contributed by atoms with E-state index in [0.29, 0.717) is 5.56 Å². The number of rotatable bonds is 4. The van der Waals surface area contributed by atoms with E-state index in [0.717, 1.165) is 12.1 Å². The second kappa shape index (κ2) is 5.83. The highest BCUT2D eigenvalue weighted by Gasteiger charge is 2.06. The van der Waals surface area contributed by atoms with Crippen LogP contribution in [0.1, 0.15) is 5.56 Å². The van der Waals surface area contributed by atoms with Crippen LogP contribution in [0.3, 0.4) is 0 Å². The quantitative estimate of drug-likeness (QED) is 0.839. The third-order valence-electron chi connectivity index (χ3n) is 2.31. The molecule has 0 atom stereocenters. The first-order valence-electron chi connectivity index (χ1n) is 5.58. The van der Waals surface area contributed by atoms with Gasteiger partial charge in [-0.25, -0.2) is 14.2 Å². The molecule has 2 rings (SSSR count). The number of aromatic hydroxyl groups is 1. The Labute approximate surface area is 113 Å². The molecular weight excluding hydrogens is 265 g/mol. The van der Waals surface area contributed by atoms with E-state index in [-0.39, 0.29) is 17.4 Å². The van der Waals surface area contributed by atoms with Gasteiger partial charge in [0.1, 0.15) is 5.75 Å². The van der Waals surface area contributed by atoms with Crippen LogP contribution in [0.25, 0.3) is 6.08 Å². The molecule has 6 heteroatoms. The normalized spacial score (nSPS) is 10.7. The smallest absolute Gasteiger partial charge is 0.328 e. The van der Waals surface area contributed by atoms with Crippen LogP contribution in [-0.2, 0) is 4.79 Å². The molecule has 1 aromatic carbocycles. The minimum absolute atomic E-state index is 0.0213. The average Bonchev–Trinajstić information content (AvgIpc) is 2.41. The number of hydrogen-bond acceptors (Lipinski definition) is 4. The SMILES string of the molecule is O=C(O)/C=C/c1ccc(Oc2ccc(O)cn2)c(F)c1. The van der Waals surface area contributed by atoms with Crippen LogP contribution >= 0.6 is 0 Å². The second-order valence-corrected chi connectivity index (χ2v) is 3.82. The van der Waals surface area contributed by atoms with Gasteiger partial charge in [0, 0.05) is 12.1 Å². The molecule has 2 aromatic rings. The van der Waals surface area contributed by atoms with Gasteiger partial charge in [-0.05, 0) is 29.8 Å². The number of ether oxygens (including phenoxy) is 1. The molecule has 0 amide bonds. The molecular formula is C14H10FNO4. The third-order valence-corrected chi connectivity index (χ3v) is 2.31. The van der Waals surface area contributed by atoms with Crippen LogP contribution in [0.5, 0.6) is 17.4 Å². The van der Waals surface area contributed by atoms with Gasteiger partial charge in [0.05, 0.1) is 6.20 Å². The van der Waals surface area contributed by atoms with Gasteiger partial charge >= 0.3 is 5.97 Å². The van der Waals surface area contributed by atoms with Crippen molar-refractivity contribution in [2.75, 3.05) is 0 Å². The van der Waals surface area contributed by atoms with E-state index in [4.69, 9.17) is 14.9 Å². The first kappa shape index (κ1) is 13.5. The summed E-state index contributed by atoms with van der Waals surface area (Å²) in [6.07, 6.45) is 3.36. The molecule has 0 fully saturated rings. The molecule has 102 valence electrons. The summed E-state index contributed by atoms with van der Waals surface area (Å²) in [5.74, 6) is -1.69. The Morgan fingerprint density at radius 2 is 2.10 bits per heavy atom. The van der Waals surface area contributed by atoms with Crippen LogP contribution in [0.15, 0.2) is 42.6 Å². The molecule has 0 saturated heterocycles. The molecule has 0 unspecified atom stereocenters. The summed E-state index contributed by atoms with van der Waals surface area (Å²) in [6.45, 7) is 0. The lowest BCUT2D eigenvalue weighted by molar-refractivity contribution is -0.131. The van der Waals surface area contributed by atoms with Crippen LogP contribution in [0, 0.1) is 5.82 Å². The van der Waals surface area contributed by atoms with Gasteiger partial charge in [0.2, 0.25) is 5.88 Å². The molecule has 0 saturated carbocycles. The van der Waals surface area contributed by atoms with Gasteiger partial charge in [-0.15, -0.1) is 0 Å². The Kier molecular flexibility index (Phi) is 3.95. The predicted octanol–water partition coefficient (Wildman–Crippen LogP) is 2.82. The summed E-state index contributed by atoms with van der Waals surface area (Å²) in [6, 6.07) is 6.79. The van der Waals surface area contributed by atoms with Crippen molar-refractivity contribution in [1.29, 1.82) is 0 Å². The summed E-state index contributed by atoms with van der Waals surface area (Å²) < 4.78 is 19.0. The summed E-state index contributed by atoms with van der Waals surface area (Å²) in [5.41, 5.74) is 0.399. The van der Waals surface area contributed by atoms with Gasteiger partial charge in [-0.1, -0.05) is 6.07 Å². The highest BCUT2D eigenvalue weighted by molar-refractivity contribution is 5.85. The van der Waals surface area contributed by atoms with Crippen LogP contribution in [-0.4, -0.2) is 21.2 Å². The molecule has 0 spiro atoms. The van der Waals surface area contributed by atoms with Crippen LogP contribution in [0.4, 0.5) is 4.39 Å². The summed E-state index contributed by atoms with van der Waals surface area (Å²) in [4.78, 5) is 14.1. The van der Waals surface area contributed by atoms with E-state index in [1.54, 1.807) is 0 Å². The highest BCUT2D eigenvalue weighted by atomic mass is 19.1. The van der Waals surface area contributed by atoms with Crippen molar-refractivity contribution in [2.24, 2.45) is 0 Å². The number of aliphatic carboxylic acids is 1. The van der Waals surface area contributed by atoms with Gasteiger partial charge < -0.3 is 14.9 Å². The number of hydrogen-bond donors (Lipinski definition) is 2. The number of nitrogens with zero attached hydrogens (tertiary/aromatic N) is 1. The van der Waals surface area contributed by atoms with Gasteiger partial charge in [0.15, 0.2) is 11.6 Å². The maximum atomic E-state index is 13.8. The minimum Gasteiger partial charge on any atom is -0.506 e. The average molecular weight is 275 g/mol. The van der Waals surface area contributed by atoms with Crippen LogP contribution < -0.4 is 4.74 Å². The Morgan fingerprint density at radius 1 is 1.30 bits per heavy atom. The number of aromatic nitrogens is 1. The van der Waals surface area contributed by atoms with Gasteiger partial charge in [-0.3, -0.25) is 0 Å². The number of carbonyl (C=O) groups is 1. The van der Waals surface area contributed by atoms with Crippen molar-refractivity contribution >= 4 is 12.0 Å². The lowest BCUT2D eigenvalue weighted by atomic mass is 10.2. The molecule has 2 N–H and O–H groups in total. The molecule has 1 aromatic heterocycles. The topological polar surface area (TPSA) is 79.7 Å². The monoisotopic (exact) mass is 275 g/mol. The zero-order valence-corrected chi connectivity index (χ0v) is 10.2. The number of pyridine rings is 1. The zero-order chi connectivity index (χ0) is 14.5. The first-order chi connectivity index (χ1) is 9.54. The second-order valence-electron chi connectivity index (χ2n) is 3.82. The third kappa shape index (κ3) is 3.55. The zero-order valence-electron chi connectivity index (χ0n) is 10.2. The lowest BCUT2D eigenvalue weighted by Gasteiger charge is -2.06. The highest BCUT2D eigenvalue weighted by Crippen LogP contribution is 2.25. The number of carboxylic acids is 1. The fraction of sp³-hybridized carbons (Fsp3) is 0. The van der Waals surface area contributed by atoms with Crippen molar-refractivity contribution < 1.29 is 24.1 Å². The number of benzene rings is 1. The van der Waals surface area contributed by atoms with E-state index < -0.39 is 11.8 Å².